The van der Waals surface area contributed by atoms with Crippen molar-refractivity contribution in [3.05, 3.63) is 0 Å². The fraction of sp³-hybridized carbons (Fsp3) is 0.786. The molecule has 1 saturated heterocycles. The topological polar surface area (TPSA) is 288 Å². The number of amides is 5. The number of methoxy groups -OCH3 is 1. The van der Waals surface area contributed by atoms with Gasteiger partial charge < -0.3 is 64.5 Å². The minimum absolute atomic E-state index is 0.0619. The summed E-state index contributed by atoms with van der Waals surface area (Å²) in [6, 6.07) is -3.98. The predicted octanol–water partition coefficient (Wildman–Crippen LogP) is 0.945. The van der Waals surface area contributed by atoms with Crippen molar-refractivity contribution in [1.29, 1.82) is 0 Å². The van der Waals surface area contributed by atoms with E-state index < -0.39 is 114 Å². The summed E-state index contributed by atoms with van der Waals surface area (Å²) in [6.45, 7) is 19.3. The molecule has 0 unspecified atom stereocenters. The van der Waals surface area contributed by atoms with E-state index in [9.17, 15) is 43.2 Å². The van der Waals surface area contributed by atoms with Crippen LogP contribution in [0.25, 0.3) is 0 Å². The van der Waals surface area contributed by atoms with E-state index in [4.69, 9.17) is 37.9 Å². The van der Waals surface area contributed by atoms with Gasteiger partial charge in [-0.1, -0.05) is 41.5 Å². The molecule has 9 atom stereocenters. The number of carbonyl (C=O) groups excluding carboxylic acids is 9. The minimum atomic E-state index is -1.48. The van der Waals surface area contributed by atoms with Gasteiger partial charge in [-0.25, -0.2) is 9.59 Å². The van der Waals surface area contributed by atoms with Crippen molar-refractivity contribution in [2.24, 2.45) is 17.8 Å². The minimum Gasteiger partial charge on any atom is -0.467 e. The van der Waals surface area contributed by atoms with Crippen LogP contribution in [0.1, 0.15) is 103 Å². The second-order valence-corrected chi connectivity index (χ2v) is 17.4. The molecule has 0 bridgehead atoms. The van der Waals surface area contributed by atoms with Gasteiger partial charge in [-0.2, -0.15) is 0 Å². The number of nitrogens with one attached hydrogen (secondary N) is 5. The quantitative estimate of drug-likeness (QED) is 0.0512. The van der Waals surface area contributed by atoms with E-state index in [1.54, 1.807) is 48.5 Å². The first-order chi connectivity index (χ1) is 29.7. The molecule has 1 aliphatic heterocycles. The molecule has 0 aromatic carbocycles. The Morgan fingerprint density at radius 2 is 1.20 bits per heavy atom. The highest BCUT2D eigenvalue weighted by atomic mass is 16.7. The number of hydrogen-bond donors (Lipinski definition) is 5. The Balaban J connectivity index is 3.11. The summed E-state index contributed by atoms with van der Waals surface area (Å²) in [7, 11) is 1.22. The first kappa shape index (κ1) is 56.9. The van der Waals surface area contributed by atoms with Crippen molar-refractivity contribution in [2.75, 3.05) is 33.5 Å². The highest BCUT2D eigenvalue weighted by Gasteiger charge is 2.52. The van der Waals surface area contributed by atoms with Crippen molar-refractivity contribution < 1.29 is 81.0 Å². The molecule has 22 nitrogen and oxygen atoms in total. The third kappa shape index (κ3) is 21.1. The fourth-order valence-electron chi connectivity index (χ4n) is 6.18. The molecule has 5 amide bonds. The molecule has 1 fully saturated rings. The van der Waals surface area contributed by atoms with Crippen LogP contribution in [0.2, 0.25) is 0 Å². The molecule has 0 aromatic rings. The van der Waals surface area contributed by atoms with E-state index in [0.717, 1.165) is 20.8 Å². The number of alkyl carbamates (subject to hydrolysis) is 1. The molecule has 22 heteroatoms. The van der Waals surface area contributed by atoms with Gasteiger partial charge in [0.15, 0.2) is 24.6 Å². The third-order valence-electron chi connectivity index (χ3n) is 9.08. The molecule has 64 heavy (non-hydrogen) atoms. The Hall–Kier alpha value is -5.09. The largest absolute Gasteiger partial charge is 0.467 e. The van der Waals surface area contributed by atoms with E-state index in [1.807, 2.05) is 13.8 Å². The Morgan fingerprint density at radius 1 is 0.656 bits per heavy atom. The normalized spacial score (nSPS) is 20.4. The Morgan fingerprint density at radius 3 is 1.72 bits per heavy atom. The molecule has 5 N–H and O–H groups in total. The first-order valence-corrected chi connectivity index (χ1v) is 21.3. The van der Waals surface area contributed by atoms with Crippen LogP contribution in [0.15, 0.2) is 0 Å². The van der Waals surface area contributed by atoms with Gasteiger partial charge in [-0.15, -0.1) is 0 Å². The molecule has 0 spiro atoms. The number of esters is 4. The zero-order valence-corrected chi connectivity index (χ0v) is 39.6. The van der Waals surface area contributed by atoms with Crippen molar-refractivity contribution in [3.63, 3.8) is 0 Å². The Labute approximate surface area is 375 Å². The summed E-state index contributed by atoms with van der Waals surface area (Å²) >= 11 is 0. The maximum atomic E-state index is 13.2. The molecule has 0 aliphatic carbocycles. The fourth-order valence-corrected chi connectivity index (χ4v) is 6.18. The van der Waals surface area contributed by atoms with Gasteiger partial charge in [-0.3, -0.25) is 33.6 Å². The van der Waals surface area contributed by atoms with Crippen LogP contribution in [0.3, 0.4) is 0 Å². The average molecular weight is 918 g/mol. The van der Waals surface area contributed by atoms with Crippen LogP contribution in [-0.2, 0) is 76.3 Å². The third-order valence-corrected chi connectivity index (χ3v) is 9.08. The molecule has 0 saturated carbocycles. The van der Waals surface area contributed by atoms with Gasteiger partial charge in [0.2, 0.25) is 23.6 Å². The van der Waals surface area contributed by atoms with E-state index in [-0.39, 0.29) is 50.5 Å². The zero-order chi connectivity index (χ0) is 49.1. The lowest BCUT2D eigenvalue weighted by Gasteiger charge is -2.44. The standard InChI is InChI=1S/C42H71N5O17/c1-21(2)19-28(39(55)57-14)45-38(54)32(23(5)6)46-30(51)15-17-58-20-29-33(60-25(8)48)34(61-26(9)49)35(62-27(10)50)40(63-29)59-18-16-43-37(53)31(22(3)4)47-36(52)24(7)44-41(56)64-42(11,12)13/h21-24,28-29,31-35,40H,15-20H2,1-14H3,(H,43,53)(H,44,56)(H,45,54)(H,46,51)(H,47,52)/t24-,28-,29+,31-,32-,33+,34-,35+,40-/m0/s1. The van der Waals surface area contributed by atoms with Gasteiger partial charge in [0.25, 0.3) is 0 Å². The second kappa shape index (κ2) is 27.3. The van der Waals surface area contributed by atoms with Gasteiger partial charge >= 0.3 is 30.0 Å². The molecule has 1 aliphatic rings. The summed E-state index contributed by atoms with van der Waals surface area (Å²) < 4.78 is 44.2. The van der Waals surface area contributed by atoms with Gasteiger partial charge in [0, 0.05) is 33.7 Å². The molecular weight excluding hydrogens is 846 g/mol. The first-order valence-electron chi connectivity index (χ1n) is 21.3. The van der Waals surface area contributed by atoms with Crippen LogP contribution < -0.4 is 26.6 Å². The maximum Gasteiger partial charge on any atom is 0.408 e. The second-order valence-electron chi connectivity index (χ2n) is 17.4. The van der Waals surface area contributed by atoms with Crippen LogP contribution in [0, 0.1) is 17.8 Å². The molecule has 1 rings (SSSR count). The summed E-state index contributed by atoms with van der Waals surface area (Å²) in [6.07, 6.45) is -7.80. The monoisotopic (exact) mass is 917 g/mol. The van der Waals surface area contributed by atoms with Crippen molar-refractivity contribution in [2.45, 2.75) is 163 Å². The van der Waals surface area contributed by atoms with Crippen LogP contribution in [0.5, 0.6) is 0 Å². The Kier molecular flexibility index (Phi) is 24.3. The lowest BCUT2D eigenvalue weighted by atomic mass is 9.98. The number of hydrogen-bond acceptors (Lipinski definition) is 17. The van der Waals surface area contributed by atoms with E-state index >= 15 is 0 Å². The SMILES string of the molecule is COC(=O)[C@H](CC(C)C)NC(=O)[C@@H](NC(=O)CCOC[C@H]1O[C@H](OCCNC(=O)[C@@H](NC(=O)[C@H](C)NC(=O)OC(C)(C)C)C(C)C)[C@H](OC(C)=O)[C@@H](OC(C)=O)[C@@H]1OC(C)=O)C(C)C. The predicted molar refractivity (Wildman–Crippen MR) is 225 cm³/mol. The maximum absolute atomic E-state index is 13.2. The summed E-state index contributed by atoms with van der Waals surface area (Å²) in [5, 5.41) is 13.0. The van der Waals surface area contributed by atoms with Gasteiger partial charge in [-0.05, 0) is 51.9 Å². The number of carbonyl (C=O) groups is 9. The smallest absolute Gasteiger partial charge is 0.408 e. The van der Waals surface area contributed by atoms with Gasteiger partial charge in [0.1, 0.15) is 35.9 Å². The zero-order valence-electron chi connectivity index (χ0n) is 39.6. The molecule has 1 heterocycles. The van der Waals surface area contributed by atoms with Crippen molar-refractivity contribution >= 4 is 53.6 Å². The van der Waals surface area contributed by atoms with Crippen LogP contribution in [-0.4, -0.2) is 148 Å². The lowest BCUT2D eigenvalue weighted by Crippen LogP contribution is -2.63. The van der Waals surface area contributed by atoms with E-state index in [2.05, 4.69) is 26.6 Å². The number of rotatable bonds is 24. The lowest BCUT2D eigenvalue weighted by molar-refractivity contribution is -0.308. The number of ether oxygens (including phenoxy) is 8. The van der Waals surface area contributed by atoms with Crippen LogP contribution >= 0.6 is 0 Å². The highest BCUT2D eigenvalue weighted by Crippen LogP contribution is 2.30. The van der Waals surface area contributed by atoms with Crippen molar-refractivity contribution in [3.8, 4) is 0 Å². The van der Waals surface area contributed by atoms with Crippen molar-refractivity contribution in [1.82, 2.24) is 26.6 Å². The molecular formula is C42H71N5O17. The van der Waals surface area contributed by atoms with Gasteiger partial charge in [0.05, 0.1) is 26.9 Å². The van der Waals surface area contributed by atoms with Crippen LogP contribution in [0.4, 0.5) is 4.79 Å². The summed E-state index contributed by atoms with van der Waals surface area (Å²) in [4.78, 5) is 114. The summed E-state index contributed by atoms with van der Waals surface area (Å²) in [5.41, 5.74) is -0.794. The highest BCUT2D eigenvalue weighted by molar-refractivity contribution is 5.92. The van der Waals surface area contributed by atoms with E-state index in [1.165, 1.54) is 14.0 Å². The molecule has 0 radical (unpaired) electrons. The molecule has 0 aromatic heterocycles. The van der Waals surface area contributed by atoms with E-state index in [0.29, 0.717) is 6.42 Å². The Bertz CT molecular complexity index is 1600. The summed E-state index contributed by atoms with van der Waals surface area (Å²) in [5.74, 6) is -6.12. The average Bonchev–Trinajstić information content (AvgIpc) is 3.15. The molecule has 366 valence electrons.